The van der Waals surface area contributed by atoms with Crippen LogP contribution in [0.1, 0.15) is 37.3 Å². The summed E-state index contributed by atoms with van der Waals surface area (Å²) in [6.45, 7) is 2.34. The van der Waals surface area contributed by atoms with Crippen molar-refractivity contribution in [1.29, 1.82) is 0 Å². The Bertz CT molecular complexity index is 503. The molecule has 1 fully saturated rings. The van der Waals surface area contributed by atoms with Crippen LogP contribution in [0.3, 0.4) is 0 Å². The van der Waals surface area contributed by atoms with E-state index in [1.807, 2.05) is 12.1 Å². The van der Waals surface area contributed by atoms with E-state index in [4.69, 9.17) is 14.6 Å². The summed E-state index contributed by atoms with van der Waals surface area (Å²) in [5.41, 5.74) is 2.15. The number of aliphatic carboxylic acids is 1. The minimum atomic E-state index is -0.729. The molecule has 2 aliphatic rings. The van der Waals surface area contributed by atoms with Crippen molar-refractivity contribution in [3.8, 4) is 11.5 Å². The third-order valence-corrected chi connectivity index (χ3v) is 3.89. The van der Waals surface area contributed by atoms with Crippen LogP contribution in [0.15, 0.2) is 12.1 Å². The van der Waals surface area contributed by atoms with Gasteiger partial charge in [0, 0.05) is 5.41 Å². The van der Waals surface area contributed by atoms with E-state index in [-0.39, 0.29) is 18.6 Å². The Morgan fingerprint density at radius 1 is 1.33 bits per heavy atom. The van der Waals surface area contributed by atoms with Crippen LogP contribution in [0, 0.1) is 0 Å². The molecule has 1 saturated carbocycles. The van der Waals surface area contributed by atoms with E-state index >= 15 is 0 Å². The van der Waals surface area contributed by atoms with Crippen LogP contribution in [0.2, 0.25) is 0 Å². The zero-order chi connectivity index (χ0) is 12.8. The number of benzene rings is 1. The van der Waals surface area contributed by atoms with Crippen molar-refractivity contribution in [2.75, 3.05) is 6.79 Å². The van der Waals surface area contributed by atoms with Crippen molar-refractivity contribution in [3.63, 3.8) is 0 Å². The van der Waals surface area contributed by atoms with Crippen molar-refractivity contribution in [2.24, 2.45) is 0 Å². The van der Waals surface area contributed by atoms with Gasteiger partial charge in [-0.2, -0.15) is 0 Å². The fourth-order valence-corrected chi connectivity index (χ4v) is 2.75. The summed E-state index contributed by atoms with van der Waals surface area (Å²) in [7, 11) is 0. The van der Waals surface area contributed by atoms with Crippen LogP contribution in [0.5, 0.6) is 11.5 Å². The molecule has 0 saturated heterocycles. The molecule has 1 N–H and O–H groups in total. The Morgan fingerprint density at radius 2 is 2.00 bits per heavy atom. The first-order chi connectivity index (χ1) is 8.64. The first-order valence-electron chi connectivity index (χ1n) is 6.29. The van der Waals surface area contributed by atoms with Gasteiger partial charge in [-0.3, -0.25) is 4.79 Å². The van der Waals surface area contributed by atoms with E-state index in [2.05, 4.69) is 6.92 Å². The largest absolute Gasteiger partial charge is 0.481 e. The van der Waals surface area contributed by atoms with Gasteiger partial charge in [-0.15, -0.1) is 0 Å². The molecule has 0 amide bonds. The molecule has 0 bridgehead atoms. The molecule has 0 atom stereocenters. The molecule has 0 aromatic heterocycles. The van der Waals surface area contributed by atoms with Gasteiger partial charge in [-0.05, 0) is 42.5 Å². The van der Waals surface area contributed by atoms with Crippen LogP contribution in [0.25, 0.3) is 0 Å². The van der Waals surface area contributed by atoms with Crippen molar-refractivity contribution in [1.82, 2.24) is 0 Å². The molecule has 0 radical (unpaired) electrons. The topological polar surface area (TPSA) is 55.8 Å². The average molecular weight is 248 g/mol. The van der Waals surface area contributed by atoms with E-state index in [0.717, 1.165) is 36.3 Å². The highest BCUT2D eigenvalue weighted by Gasteiger charge is 2.47. The highest BCUT2D eigenvalue weighted by Crippen LogP contribution is 2.54. The summed E-state index contributed by atoms with van der Waals surface area (Å²) >= 11 is 0. The van der Waals surface area contributed by atoms with Crippen molar-refractivity contribution >= 4 is 5.97 Å². The van der Waals surface area contributed by atoms with Gasteiger partial charge in [-0.1, -0.05) is 6.92 Å². The highest BCUT2D eigenvalue weighted by atomic mass is 16.7. The second kappa shape index (κ2) is 3.90. The number of carbonyl (C=O) groups is 1. The van der Waals surface area contributed by atoms with Crippen LogP contribution in [-0.2, 0) is 16.6 Å². The van der Waals surface area contributed by atoms with Gasteiger partial charge in [-0.25, -0.2) is 0 Å². The number of carboxylic acids is 1. The molecule has 96 valence electrons. The van der Waals surface area contributed by atoms with Crippen LogP contribution >= 0.6 is 0 Å². The third-order valence-electron chi connectivity index (χ3n) is 3.89. The molecular weight excluding hydrogens is 232 g/mol. The Hall–Kier alpha value is -1.71. The number of carboxylic acid groups (broad SMARTS) is 1. The molecule has 1 aromatic carbocycles. The van der Waals surface area contributed by atoms with E-state index in [1.165, 1.54) is 5.56 Å². The maximum Gasteiger partial charge on any atom is 0.304 e. The minimum Gasteiger partial charge on any atom is -0.481 e. The predicted molar refractivity (Wildman–Crippen MR) is 65.1 cm³/mol. The first kappa shape index (κ1) is 11.4. The first-order valence-corrected chi connectivity index (χ1v) is 6.29. The SMILES string of the molecule is CCc1cc2c(cc1C1(CC(=O)O)CC1)OCO2. The average Bonchev–Trinajstić information content (AvgIpc) is 2.96. The van der Waals surface area contributed by atoms with E-state index in [1.54, 1.807) is 0 Å². The molecule has 3 rings (SSSR count). The van der Waals surface area contributed by atoms with Crippen LogP contribution in [-0.4, -0.2) is 17.9 Å². The second-order valence-electron chi connectivity index (χ2n) is 5.07. The molecule has 1 heterocycles. The summed E-state index contributed by atoms with van der Waals surface area (Å²) in [6, 6.07) is 3.98. The van der Waals surface area contributed by atoms with Crippen molar-refractivity contribution in [3.05, 3.63) is 23.3 Å². The van der Waals surface area contributed by atoms with Gasteiger partial charge >= 0.3 is 5.97 Å². The van der Waals surface area contributed by atoms with Crippen molar-refractivity contribution < 1.29 is 19.4 Å². The van der Waals surface area contributed by atoms with Gasteiger partial charge in [0.2, 0.25) is 6.79 Å². The lowest BCUT2D eigenvalue weighted by atomic mass is 9.87. The molecular formula is C14H16O4. The summed E-state index contributed by atoms with van der Waals surface area (Å²) < 4.78 is 10.8. The van der Waals surface area contributed by atoms with Gasteiger partial charge in [0.25, 0.3) is 0 Å². The molecule has 0 unspecified atom stereocenters. The number of rotatable bonds is 4. The van der Waals surface area contributed by atoms with E-state index < -0.39 is 5.97 Å². The zero-order valence-electron chi connectivity index (χ0n) is 10.4. The lowest BCUT2D eigenvalue weighted by Crippen LogP contribution is -2.15. The number of fused-ring (bicyclic) bond motifs is 1. The Kier molecular flexibility index (Phi) is 2.47. The summed E-state index contributed by atoms with van der Waals surface area (Å²) in [5.74, 6) is 0.799. The van der Waals surface area contributed by atoms with E-state index in [0.29, 0.717) is 0 Å². The lowest BCUT2D eigenvalue weighted by molar-refractivity contribution is -0.137. The Morgan fingerprint density at radius 3 is 2.56 bits per heavy atom. The molecule has 4 heteroatoms. The van der Waals surface area contributed by atoms with Crippen LogP contribution < -0.4 is 9.47 Å². The summed E-state index contributed by atoms with van der Waals surface area (Å²) in [6.07, 6.45) is 2.99. The van der Waals surface area contributed by atoms with Gasteiger partial charge < -0.3 is 14.6 Å². The van der Waals surface area contributed by atoms with Crippen LogP contribution in [0.4, 0.5) is 0 Å². The van der Waals surface area contributed by atoms with Crippen molar-refractivity contribution in [2.45, 2.75) is 38.0 Å². The van der Waals surface area contributed by atoms with Gasteiger partial charge in [0.15, 0.2) is 11.5 Å². The Balaban J connectivity index is 2.03. The monoisotopic (exact) mass is 248 g/mol. The smallest absolute Gasteiger partial charge is 0.304 e. The minimum absolute atomic E-state index is 0.168. The molecule has 1 aromatic rings. The van der Waals surface area contributed by atoms with E-state index in [9.17, 15) is 4.79 Å². The third kappa shape index (κ3) is 1.72. The summed E-state index contributed by atoms with van der Waals surface area (Å²) in [5, 5.41) is 9.05. The highest BCUT2D eigenvalue weighted by molar-refractivity contribution is 5.70. The number of ether oxygens (including phenoxy) is 2. The molecule has 18 heavy (non-hydrogen) atoms. The predicted octanol–water partition coefficient (Wildman–Crippen LogP) is 2.48. The fraction of sp³-hybridized carbons (Fsp3) is 0.500. The quantitative estimate of drug-likeness (QED) is 0.889. The standard InChI is InChI=1S/C14H16O4/c1-2-9-5-11-12(18-8-17-11)6-10(9)14(3-4-14)7-13(15)16/h5-6H,2-4,7-8H2,1H3,(H,15,16). The number of hydrogen-bond acceptors (Lipinski definition) is 3. The molecule has 1 aliphatic carbocycles. The second-order valence-corrected chi connectivity index (χ2v) is 5.07. The fourth-order valence-electron chi connectivity index (χ4n) is 2.75. The number of aryl methyl sites for hydroxylation is 1. The van der Waals surface area contributed by atoms with Gasteiger partial charge in [0.1, 0.15) is 0 Å². The normalized spacial score (nSPS) is 18.7. The van der Waals surface area contributed by atoms with Gasteiger partial charge in [0.05, 0.1) is 6.42 Å². The lowest BCUT2D eigenvalue weighted by Gasteiger charge is -2.18. The Labute approximate surface area is 106 Å². The zero-order valence-corrected chi connectivity index (χ0v) is 10.4. The maximum atomic E-state index is 11.0. The molecule has 1 aliphatic heterocycles. The maximum absolute atomic E-state index is 11.0. The summed E-state index contributed by atoms with van der Waals surface area (Å²) in [4.78, 5) is 11.0. The number of hydrogen-bond donors (Lipinski definition) is 1. The molecule has 0 spiro atoms. The molecule has 4 nitrogen and oxygen atoms in total.